The zero-order valence-electron chi connectivity index (χ0n) is 12.7. The van der Waals surface area contributed by atoms with Crippen molar-refractivity contribution in [2.45, 2.75) is 64.8 Å². The Morgan fingerprint density at radius 3 is 2.65 bits per heavy atom. The van der Waals surface area contributed by atoms with Crippen molar-refractivity contribution in [3.63, 3.8) is 0 Å². The second kappa shape index (κ2) is 7.43. The number of hydrogen-bond donors (Lipinski definition) is 3. The molecule has 20 heavy (non-hydrogen) atoms. The summed E-state index contributed by atoms with van der Waals surface area (Å²) in [6.45, 7) is 4.44. The highest BCUT2D eigenvalue weighted by Gasteiger charge is 2.24. The first-order valence-electron chi connectivity index (χ1n) is 7.87. The van der Waals surface area contributed by atoms with Gasteiger partial charge in [-0.2, -0.15) is 0 Å². The molecule has 1 aromatic heterocycles. The summed E-state index contributed by atoms with van der Waals surface area (Å²) in [5.41, 5.74) is 3.80. The van der Waals surface area contributed by atoms with Crippen LogP contribution in [0, 0.1) is 5.92 Å². The fraction of sp³-hybridized carbons (Fsp3) is 0.733. The quantitative estimate of drug-likeness (QED) is 0.550. The summed E-state index contributed by atoms with van der Waals surface area (Å²) >= 11 is 0. The highest BCUT2D eigenvalue weighted by molar-refractivity contribution is 5.57. The zero-order chi connectivity index (χ0) is 14.4. The molecular formula is C15H27N5. The fourth-order valence-electron chi connectivity index (χ4n) is 3.21. The van der Waals surface area contributed by atoms with Gasteiger partial charge in [0, 0.05) is 11.6 Å². The molecule has 1 aliphatic rings. The Balaban J connectivity index is 2.18. The maximum Gasteiger partial charge on any atom is 0.148 e. The zero-order valence-corrected chi connectivity index (χ0v) is 12.7. The molecule has 0 amide bonds. The highest BCUT2D eigenvalue weighted by atomic mass is 15.3. The van der Waals surface area contributed by atoms with Gasteiger partial charge in [0.25, 0.3) is 0 Å². The molecule has 1 aromatic rings. The number of hydrogen-bond acceptors (Lipinski definition) is 5. The van der Waals surface area contributed by atoms with Crippen molar-refractivity contribution in [2.75, 3.05) is 10.7 Å². The first-order chi connectivity index (χ1) is 9.80. The lowest BCUT2D eigenvalue weighted by molar-refractivity contribution is 0.316. The van der Waals surface area contributed by atoms with Crippen LogP contribution in [0.5, 0.6) is 0 Å². The number of nitrogens with one attached hydrogen (secondary N) is 2. The van der Waals surface area contributed by atoms with E-state index in [-0.39, 0.29) is 0 Å². The molecule has 1 fully saturated rings. The fourth-order valence-corrected chi connectivity index (χ4v) is 3.21. The smallest absolute Gasteiger partial charge is 0.148 e. The molecule has 0 spiro atoms. The van der Waals surface area contributed by atoms with Crippen molar-refractivity contribution < 1.29 is 0 Å². The van der Waals surface area contributed by atoms with Gasteiger partial charge in [-0.05, 0) is 25.2 Å². The molecule has 1 heterocycles. The van der Waals surface area contributed by atoms with Gasteiger partial charge in [-0.25, -0.2) is 15.8 Å². The predicted molar refractivity (Wildman–Crippen MR) is 83.5 cm³/mol. The molecule has 0 radical (unpaired) electrons. The molecule has 5 heteroatoms. The average molecular weight is 277 g/mol. The van der Waals surface area contributed by atoms with Gasteiger partial charge in [0.1, 0.15) is 18.0 Å². The molecule has 0 aromatic carbocycles. The van der Waals surface area contributed by atoms with Crippen LogP contribution in [0.15, 0.2) is 6.33 Å². The summed E-state index contributed by atoms with van der Waals surface area (Å²) in [6.07, 6.45) is 10.0. The Labute approximate surface area is 121 Å². The standard InChI is InChI=1S/C15H27N5/c1-3-7-12-14(17-10-18-15(12)20-16)19-13-9-6-5-8-11(13)4-2/h10-11,13H,3-9,16H2,1-2H3,(H2,17,18,19,20). The maximum absolute atomic E-state index is 5.57. The summed E-state index contributed by atoms with van der Waals surface area (Å²) in [5.74, 6) is 8.02. The Bertz CT molecular complexity index is 421. The van der Waals surface area contributed by atoms with Crippen LogP contribution in [0.1, 0.15) is 57.9 Å². The number of anilines is 2. The van der Waals surface area contributed by atoms with E-state index in [1.54, 1.807) is 6.33 Å². The first-order valence-corrected chi connectivity index (χ1v) is 7.87. The van der Waals surface area contributed by atoms with E-state index in [1.165, 1.54) is 32.1 Å². The van der Waals surface area contributed by atoms with Crippen LogP contribution in [0.4, 0.5) is 11.6 Å². The van der Waals surface area contributed by atoms with Crippen molar-refractivity contribution >= 4 is 11.6 Å². The van der Waals surface area contributed by atoms with Gasteiger partial charge < -0.3 is 10.7 Å². The number of hydrazine groups is 1. The predicted octanol–water partition coefficient (Wildman–Crippen LogP) is 3.10. The summed E-state index contributed by atoms with van der Waals surface area (Å²) in [5, 5.41) is 3.66. The normalized spacial score (nSPS) is 22.6. The number of nitrogens with two attached hydrogens (primary N) is 1. The Kier molecular flexibility index (Phi) is 5.59. The van der Waals surface area contributed by atoms with E-state index in [9.17, 15) is 0 Å². The Morgan fingerprint density at radius 2 is 1.95 bits per heavy atom. The third-order valence-corrected chi connectivity index (χ3v) is 4.34. The number of aromatic nitrogens is 2. The maximum atomic E-state index is 5.57. The van der Waals surface area contributed by atoms with Crippen molar-refractivity contribution in [1.29, 1.82) is 0 Å². The second-order valence-electron chi connectivity index (χ2n) is 5.65. The summed E-state index contributed by atoms with van der Waals surface area (Å²) < 4.78 is 0. The molecule has 112 valence electrons. The molecule has 1 saturated carbocycles. The van der Waals surface area contributed by atoms with Crippen LogP contribution in [-0.2, 0) is 6.42 Å². The SMILES string of the molecule is CCCc1c(NN)ncnc1NC1CCCCC1CC. The monoisotopic (exact) mass is 277 g/mol. The van der Waals surface area contributed by atoms with Crippen LogP contribution in [0.2, 0.25) is 0 Å². The van der Waals surface area contributed by atoms with E-state index >= 15 is 0 Å². The van der Waals surface area contributed by atoms with E-state index in [1.807, 2.05) is 0 Å². The molecule has 5 nitrogen and oxygen atoms in total. The van der Waals surface area contributed by atoms with Crippen molar-refractivity contribution in [3.05, 3.63) is 11.9 Å². The summed E-state index contributed by atoms with van der Waals surface area (Å²) in [7, 11) is 0. The molecule has 0 saturated heterocycles. The molecule has 2 atom stereocenters. The van der Waals surface area contributed by atoms with Crippen LogP contribution in [0.25, 0.3) is 0 Å². The van der Waals surface area contributed by atoms with E-state index in [4.69, 9.17) is 5.84 Å². The van der Waals surface area contributed by atoms with Gasteiger partial charge in [-0.1, -0.05) is 39.5 Å². The molecule has 0 bridgehead atoms. The van der Waals surface area contributed by atoms with Gasteiger partial charge in [0.15, 0.2) is 0 Å². The molecule has 2 unspecified atom stereocenters. The van der Waals surface area contributed by atoms with E-state index in [0.717, 1.165) is 36.0 Å². The number of nitrogen functional groups attached to an aromatic ring is 1. The summed E-state index contributed by atoms with van der Waals surface area (Å²) in [6, 6.07) is 0.532. The van der Waals surface area contributed by atoms with Crippen molar-refractivity contribution in [3.8, 4) is 0 Å². The van der Waals surface area contributed by atoms with Gasteiger partial charge in [0.05, 0.1) is 0 Å². The van der Waals surface area contributed by atoms with Gasteiger partial charge >= 0.3 is 0 Å². The molecule has 0 aliphatic heterocycles. The largest absolute Gasteiger partial charge is 0.367 e. The molecule has 2 rings (SSSR count). The van der Waals surface area contributed by atoms with Gasteiger partial charge in [-0.3, -0.25) is 0 Å². The van der Waals surface area contributed by atoms with Crippen molar-refractivity contribution in [1.82, 2.24) is 9.97 Å². The van der Waals surface area contributed by atoms with Crippen LogP contribution < -0.4 is 16.6 Å². The highest BCUT2D eigenvalue weighted by Crippen LogP contribution is 2.30. The second-order valence-corrected chi connectivity index (χ2v) is 5.65. The summed E-state index contributed by atoms with van der Waals surface area (Å²) in [4.78, 5) is 8.67. The van der Waals surface area contributed by atoms with E-state index in [2.05, 4.69) is 34.6 Å². The van der Waals surface area contributed by atoms with Crippen LogP contribution in [0.3, 0.4) is 0 Å². The minimum atomic E-state index is 0.532. The lowest BCUT2D eigenvalue weighted by Crippen LogP contribution is -2.32. The average Bonchev–Trinajstić information content (AvgIpc) is 2.49. The minimum absolute atomic E-state index is 0.532. The topological polar surface area (TPSA) is 75.9 Å². The number of rotatable bonds is 6. The van der Waals surface area contributed by atoms with Crippen LogP contribution >= 0.6 is 0 Å². The molecule has 1 aliphatic carbocycles. The van der Waals surface area contributed by atoms with E-state index in [0.29, 0.717) is 6.04 Å². The Hall–Kier alpha value is -1.36. The third-order valence-electron chi connectivity index (χ3n) is 4.34. The minimum Gasteiger partial charge on any atom is -0.367 e. The van der Waals surface area contributed by atoms with Crippen molar-refractivity contribution in [2.24, 2.45) is 11.8 Å². The first kappa shape index (κ1) is 15.0. The molecular weight excluding hydrogens is 250 g/mol. The Morgan fingerprint density at radius 1 is 1.20 bits per heavy atom. The third kappa shape index (κ3) is 3.39. The lowest BCUT2D eigenvalue weighted by atomic mass is 9.83. The van der Waals surface area contributed by atoms with E-state index < -0.39 is 0 Å². The lowest BCUT2D eigenvalue weighted by Gasteiger charge is -2.32. The van der Waals surface area contributed by atoms with Gasteiger partial charge in [0.2, 0.25) is 0 Å². The molecule has 4 N–H and O–H groups in total. The van der Waals surface area contributed by atoms with Gasteiger partial charge in [-0.15, -0.1) is 0 Å². The van der Waals surface area contributed by atoms with Crippen LogP contribution in [-0.4, -0.2) is 16.0 Å². The number of nitrogens with zero attached hydrogens (tertiary/aromatic N) is 2.